The Balaban J connectivity index is 1.48. The van der Waals surface area contributed by atoms with Gasteiger partial charge in [-0.15, -0.1) is 0 Å². The molecule has 4 aromatic rings. The molecule has 1 atom stereocenters. The van der Waals surface area contributed by atoms with Crippen LogP contribution in [0.15, 0.2) is 88.9 Å². The van der Waals surface area contributed by atoms with Crippen LogP contribution in [0, 0.1) is 5.41 Å². The van der Waals surface area contributed by atoms with E-state index in [4.69, 9.17) is 5.41 Å². The largest absolute Gasteiger partial charge is 0.367 e. The van der Waals surface area contributed by atoms with Crippen molar-refractivity contribution in [3.8, 4) is 0 Å². The summed E-state index contributed by atoms with van der Waals surface area (Å²) in [6.45, 7) is 3.69. The summed E-state index contributed by atoms with van der Waals surface area (Å²) < 4.78 is 0. The van der Waals surface area contributed by atoms with Crippen LogP contribution in [0.3, 0.4) is 0 Å². The first-order valence-corrected chi connectivity index (χ1v) is 10.2. The minimum Gasteiger partial charge on any atom is -0.367 e. The molecule has 29 heavy (non-hydrogen) atoms. The summed E-state index contributed by atoms with van der Waals surface area (Å²) in [5.74, 6) is 0. The van der Waals surface area contributed by atoms with Crippen molar-refractivity contribution in [2.24, 2.45) is 4.99 Å². The third-order valence-electron chi connectivity index (χ3n) is 5.09. The van der Waals surface area contributed by atoms with Gasteiger partial charge in [0.25, 0.3) is 0 Å². The lowest BCUT2D eigenvalue weighted by molar-refractivity contribution is 1.03. The number of pyridine rings is 1. The summed E-state index contributed by atoms with van der Waals surface area (Å²) in [6, 6.07) is 24.2. The van der Waals surface area contributed by atoms with Gasteiger partial charge in [0.2, 0.25) is 0 Å². The highest BCUT2D eigenvalue weighted by Gasteiger charge is 2.23. The molecule has 1 aliphatic rings. The fraction of sp³-hybridized carbons (Fsp3) is 0.0417. The number of nitrogens with one attached hydrogen (secondary N) is 2. The van der Waals surface area contributed by atoms with E-state index in [1.807, 2.05) is 60.7 Å². The molecule has 0 spiro atoms. The molecule has 4 nitrogen and oxygen atoms in total. The van der Waals surface area contributed by atoms with Crippen LogP contribution >= 0.6 is 11.8 Å². The highest BCUT2D eigenvalue weighted by Crippen LogP contribution is 2.45. The molecule has 1 unspecified atom stereocenters. The maximum atomic E-state index is 8.83. The standard InChI is InChI=1S/C24H18N4S/c1-26-19-12-10-15-6-2-3-7-17(15)22(19)23(25)16-11-13-20(27-14-16)24-28-18-8-4-5-9-21(18)29-24/h2-14,24-25,28H,1H2. The summed E-state index contributed by atoms with van der Waals surface area (Å²) in [6.07, 6.45) is 1.78. The number of hydrogen-bond donors (Lipinski definition) is 2. The van der Waals surface area contributed by atoms with E-state index >= 15 is 0 Å². The third-order valence-corrected chi connectivity index (χ3v) is 6.29. The van der Waals surface area contributed by atoms with E-state index < -0.39 is 0 Å². The van der Waals surface area contributed by atoms with E-state index in [0.717, 1.165) is 33.3 Å². The zero-order valence-corrected chi connectivity index (χ0v) is 16.4. The first kappa shape index (κ1) is 17.6. The van der Waals surface area contributed by atoms with E-state index in [-0.39, 0.29) is 5.37 Å². The van der Waals surface area contributed by atoms with Crippen LogP contribution in [0.5, 0.6) is 0 Å². The van der Waals surface area contributed by atoms with Gasteiger partial charge in [0, 0.05) is 27.9 Å². The molecule has 0 fully saturated rings. The quantitative estimate of drug-likeness (QED) is 0.405. The summed E-state index contributed by atoms with van der Waals surface area (Å²) in [5.41, 5.74) is 4.74. The van der Waals surface area contributed by atoms with Gasteiger partial charge in [0.15, 0.2) is 0 Å². The number of thioether (sulfide) groups is 1. The number of fused-ring (bicyclic) bond motifs is 2. The fourth-order valence-corrected chi connectivity index (χ4v) is 4.74. The molecule has 0 amide bonds. The minimum absolute atomic E-state index is 0.0820. The average Bonchev–Trinajstić information content (AvgIpc) is 3.22. The lowest BCUT2D eigenvalue weighted by Crippen LogP contribution is -2.07. The zero-order chi connectivity index (χ0) is 19.8. The Kier molecular flexibility index (Phi) is 4.37. The molecule has 0 aliphatic carbocycles. The number of anilines is 1. The zero-order valence-electron chi connectivity index (χ0n) is 15.6. The predicted octanol–water partition coefficient (Wildman–Crippen LogP) is 6.20. The van der Waals surface area contributed by atoms with Gasteiger partial charge in [0.1, 0.15) is 5.37 Å². The van der Waals surface area contributed by atoms with E-state index in [0.29, 0.717) is 11.4 Å². The van der Waals surface area contributed by atoms with Crippen LogP contribution in [-0.2, 0) is 0 Å². The Hall–Kier alpha value is -3.44. The van der Waals surface area contributed by atoms with Crippen molar-refractivity contribution in [2.45, 2.75) is 10.3 Å². The maximum absolute atomic E-state index is 8.83. The summed E-state index contributed by atoms with van der Waals surface area (Å²) >= 11 is 1.76. The topological polar surface area (TPSA) is 61.1 Å². The van der Waals surface area contributed by atoms with Crippen molar-refractivity contribution in [1.29, 1.82) is 5.41 Å². The smallest absolute Gasteiger partial charge is 0.120 e. The second-order valence-corrected chi connectivity index (χ2v) is 7.97. The Morgan fingerprint density at radius 2 is 1.83 bits per heavy atom. The van der Waals surface area contributed by atoms with Gasteiger partial charge in [-0.05, 0) is 47.8 Å². The second-order valence-electron chi connectivity index (χ2n) is 6.82. The molecule has 1 aromatic heterocycles. The van der Waals surface area contributed by atoms with Gasteiger partial charge < -0.3 is 5.32 Å². The molecule has 0 saturated carbocycles. The molecule has 2 heterocycles. The SMILES string of the molecule is C=Nc1ccc2ccccc2c1C(=N)c1ccc(C2Nc3ccccc3S2)nc1. The first-order chi connectivity index (χ1) is 14.2. The normalized spacial score (nSPS) is 15.0. The fourth-order valence-electron chi connectivity index (χ4n) is 3.63. The van der Waals surface area contributed by atoms with Gasteiger partial charge in [-0.2, -0.15) is 0 Å². The second kappa shape index (κ2) is 7.18. The molecule has 140 valence electrons. The van der Waals surface area contributed by atoms with E-state index in [2.05, 4.69) is 34.1 Å². The Bertz CT molecular complexity index is 1220. The molecule has 3 aromatic carbocycles. The molecule has 0 saturated heterocycles. The number of rotatable bonds is 4. The molecule has 5 rings (SSSR count). The van der Waals surface area contributed by atoms with Crippen molar-refractivity contribution < 1.29 is 0 Å². The van der Waals surface area contributed by atoms with E-state index in [9.17, 15) is 0 Å². The summed E-state index contributed by atoms with van der Waals surface area (Å²) in [4.78, 5) is 10.0. The summed E-state index contributed by atoms with van der Waals surface area (Å²) in [7, 11) is 0. The number of aromatic nitrogens is 1. The predicted molar refractivity (Wildman–Crippen MR) is 122 cm³/mol. The van der Waals surface area contributed by atoms with Crippen LogP contribution < -0.4 is 5.32 Å². The Morgan fingerprint density at radius 1 is 1.00 bits per heavy atom. The number of aliphatic imine (C=N–C) groups is 1. The van der Waals surface area contributed by atoms with Gasteiger partial charge in [-0.1, -0.05) is 54.2 Å². The van der Waals surface area contributed by atoms with Gasteiger partial charge in [0.05, 0.1) is 17.1 Å². The third kappa shape index (κ3) is 3.09. The number of nitrogens with zero attached hydrogens (tertiary/aromatic N) is 2. The van der Waals surface area contributed by atoms with Gasteiger partial charge in [-0.25, -0.2) is 0 Å². The van der Waals surface area contributed by atoms with E-state index in [1.54, 1.807) is 18.0 Å². The summed E-state index contributed by atoms with van der Waals surface area (Å²) in [5, 5.41) is 14.5. The molecule has 5 heteroatoms. The van der Waals surface area contributed by atoms with Crippen LogP contribution in [0.25, 0.3) is 10.8 Å². The highest BCUT2D eigenvalue weighted by molar-refractivity contribution is 8.00. The molecular weight excluding hydrogens is 376 g/mol. The van der Waals surface area contributed by atoms with E-state index in [1.165, 1.54) is 4.90 Å². The molecule has 0 radical (unpaired) electrons. The lowest BCUT2D eigenvalue weighted by atomic mass is 9.95. The minimum atomic E-state index is 0.0820. The van der Waals surface area contributed by atoms with Crippen LogP contribution in [-0.4, -0.2) is 17.4 Å². The van der Waals surface area contributed by atoms with Gasteiger partial charge in [-0.3, -0.25) is 15.4 Å². The van der Waals surface area contributed by atoms with Crippen molar-refractivity contribution in [3.63, 3.8) is 0 Å². The van der Waals surface area contributed by atoms with Crippen molar-refractivity contribution in [3.05, 3.63) is 95.8 Å². The average molecular weight is 395 g/mol. The monoisotopic (exact) mass is 394 g/mol. The van der Waals surface area contributed by atoms with Crippen molar-refractivity contribution in [1.82, 2.24) is 4.98 Å². The van der Waals surface area contributed by atoms with Crippen LogP contribution in [0.4, 0.5) is 11.4 Å². The number of hydrogen-bond acceptors (Lipinski definition) is 5. The molecule has 1 aliphatic heterocycles. The Morgan fingerprint density at radius 3 is 2.62 bits per heavy atom. The van der Waals surface area contributed by atoms with Crippen LogP contribution in [0.2, 0.25) is 0 Å². The lowest BCUT2D eigenvalue weighted by Gasteiger charge is -2.13. The molecule has 0 bridgehead atoms. The number of para-hydroxylation sites is 1. The van der Waals surface area contributed by atoms with Gasteiger partial charge >= 0.3 is 0 Å². The molecular formula is C24H18N4S. The Labute approximate surface area is 173 Å². The maximum Gasteiger partial charge on any atom is 0.120 e. The highest BCUT2D eigenvalue weighted by atomic mass is 32.2. The van der Waals surface area contributed by atoms with Crippen molar-refractivity contribution >= 4 is 46.3 Å². The number of benzene rings is 3. The van der Waals surface area contributed by atoms with Crippen molar-refractivity contribution in [2.75, 3.05) is 5.32 Å². The van der Waals surface area contributed by atoms with Crippen LogP contribution in [0.1, 0.15) is 22.2 Å². The first-order valence-electron chi connectivity index (χ1n) is 9.30. The molecule has 2 N–H and O–H groups in total.